The minimum atomic E-state index is -2.73. The summed E-state index contributed by atoms with van der Waals surface area (Å²) in [6.07, 6.45) is 0. The van der Waals surface area contributed by atoms with Gasteiger partial charge in [-0.15, -0.1) is 0 Å². The van der Waals surface area contributed by atoms with Crippen molar-refractivity contribution in [2.24, 2.45) is 5.92 Å². The highest BCUT2D eigenvalue weighted by molar-refractivity contribution is 9.10. The van der Waals surface area contributed by atoms with Gasteiger partial charge in [-0.2, -0.15) is 0 Å². The summed E-state index contributed by atoms with van der Waals surface area (Å²) in [5.74, 6) is -4.44. The zero-order valence-electron chi connectivity index (χ0n) is 7.25. The molecule has 0 heterocycles. The maximum atomic E-state index is 13.1. The fourth-order valence-corrected chi connectivity index (χ4v) is 2.01. The lowest BCUT2D eigenvalue weighted by Gasteiger charge is -1.98. The summed E-state index contributed by atoms with van der Waals surface area (Å²) in [6.45, 7) is -0.451. The molecule has 1 aliphatic rings. The number of halogens is 3. The highest BCUT2D eigenvalue weighted by Crippen LogP contribution is 2.61. The highest BCUT2D eigenvalue weighted by atomic mass is 79.9. The Morgan fingerprint density at radius 2 is 1.86 bits per heavy atom. The van der Waals surface area contributed by atoms with E-state index < -0.39 is 24.4 Å². The normalized spacial score (nSPS) is 28.9. The topological polar surface area (TPSA) is 20.2 Å². The molecule has 1 aromatic carbocycles. The Balaban J connectivity index is 2.22. The van der Waals surface area contributed by atoms with Gasteiger partial charge in [0.05, 0.1) is 18.4 Å². The lowest BCUT2D eigenvalue weighted by molar-refractivity contribution is 0.0785. The molecule has 1 nitrogen and oxygen atoms in total. The maximum Gasteiger partial charge on any atom is 0.261 e. The first kappa shape index (κ1) is 10.1. The molecule has 0 amide bonds. The van der Waals surface area contributed by atoms with Crippen molar-refractivity contribution < 1.29 is 13.9 Å². The SMILES string of the molecule is OC[C@@H]1[C@@H](c2ccc(Br)cc2)C1(F)F. The van der Waals surface area contributed by atoms with Crippen molar-refractivity contribution in [1.82, 2.24) is 0 Å². The second-order valence-corrected chi connectivity index (χ2v) is 4.41. The van der Waals surface area contributed by atoms with Crippen LogP contribution in [0.3, 0.4) is 0 Å². The van der Waals surface area contributed by atoms with Crippen LogP contribution >= 0.6 is 15.9 Å². The molecular formula is C10H9BrF2O. The largest absolute Gasteiger partial charge is 0.396 e. The van der Waals surface area contributed by atoms with Crippen LogP contribution in [-0.2, 0) is 0 Å². The van der Waals surface area contributed by atoms with E-state index in [1.54, 1.807) is 24.3 Å². The molecule has 4 heteroatoms. The van der Waals surface area contributed by atoms with Gasteiger partial charge < -0.3 is 5.11 Å². The van der Waals surface area contributed by atoms with E-state index in [1.165, 1.54) is 0 Å². The van der Waals surface area contributed by atoms with Gasteiger partial charge in [-0.05, 0) is 17.7 Å². The van der Waals surface area contributed by atoms with Crippen molar-refractivity contribution in [1.29, 1.82) is 0 Å². The lowest BCUT2D eigenvalue weighted by Crippen LogP contribution is -1.97. The van der Waals surface area contributed by atoms with Crippen molar-refractivity contribution in [3.63, 3.8) is 0 Å². The quantitative estimate of drug-likeness (QED) is 0.869. The van der Waals surface area contributed by atoms with Crippen LogP contribution in [0.1, 0.15) is 11.5 Å². The zero-order valence-corrected chi connectivity index (χ0v) is 8.84. The van der Waals surface area contributed by atoms with Gasteiger partial charge >= 0.3 is 0 Å². The number of aliphatic hydroxyl groups excluding tert-OH is 1. The third-order valence-electron chi connectivity index (χ3n) is 2.63. The second kappa shape index (κ2) is 3.28. The minimum Gasteiger partial charge on any atom is -0.396 e. The molecule has 0 spiro atoms. The van der Waals surface area contributed by atoms with Crippen LogP contribution in [0, 0.1) is 5.92 Å². The highest BCUT2D eigenvalue weighted by Gasteiger charge is 2.68. The Bertz CT molecular complexity index is 336. The van der Waals surface area contributed by atoms with Crippen molar-refractivity contribution in [3.05, 3.63) is 34.3 Å². The molecule has 0 aromatic heterocycles. The lowest BCUT2D eigenvalue weighted by atomic mass is 10.1. The number of alkyl halides is 2. The maximum absolute atomic E-state index is 13.1. The van der Waals surface area contributed by atoms with Crippen molar-refractivity contribution >= 4 is 15.9 Å². The molecular weight excluding hydrogens is 254 g/mol. The summed E-state index contributed by atoms with van der Waals surface area (Å²) in [6, 6.07) is 6.80. The first-order valence-electron chi connectivity index (χ1n) is 4.31. The molecule has 2 rings (SSSR count). The van der Waals surface area contributed by atoms with Gasteiger partial charge in [-0.1, -0.05) is 28.1 Å². The summed E-state index contributed by atoms with van der Waals surface area (Å²) in [4.78, 5) is 0. The number of hydrogen-bond donors (Lipinski definition) is 1. The molecule has 0 bridgehead atoms. The average Bonchev–Trinajstić information content (AvgIpc) is 2.69. The molecule has 0 radical (unpaired) electrons. The Kier molecular flexibility index (Phi) is 2.35. The average molecular weight is 263 g/mol. The third-order valence-corrected chi connectivity index (χ3v) is 3.16. The first-order valence-corrected chi connectivity index (χ1v) is 5.11. The number of rotatable bonds is 2. The summed E-state index contributed by atoms with van der Waals surface area (Å²) in [5.41, 5.74) is 0.595. The Morgan fingerprint density at radius 1 is 1.29 bits per heavy atom. The van der Waals surface area contributed by atoms with Crippen LogP contribution in [0.4, 0.5) is 8.78 Å². The van der Waals surface area contributed by atoms with E-state index in [2.05, 4.69) is 15.9 Å². The van der Waals surface area contributed by atoms with Gasteiger partial charge in [0.2, 0.25) is 0 Å². The monoisotopic (exact) mass is 262 g/mol. The number of aliphatic hydroxyl groups is 1. The van der Waals surface area contributed by atoms with Gasteiger partial charge in [0.15, 0.2) is 0 Å². The Labute approximate surface area is 88.9 Å². The standard InChI is InChI=1S/C10H9BrF2O/c11-7-3-1-6(2-4-7)9-8(5-14)10(9,12)13/h1-4,8-9,14H,5H2/t8-,9-/m1/s1. The van der Waals surface area contributed by atoms with Crippen LogP contribution in [0.25, 0.3) is 0 Å². The van der Waals surface area contributed by atoms with Crippen LogP contribution in [0.5, 0.6) is 0 Å². The molecule has 76 valence electrons. The van der Waals surface area contributed by atoms with Gasteiger partial charge in [0.1, 0.15) is 0 Å². The van der Waals surface area contributed by atoms with Crippen molar-refractivity contribution in [3.8, 4) is 0 Å². The van der Waals surface area contributed by atoms with Crippen LogP contribution in [0.2, 0.25) is 0 Å². The minimum absolute atomic E-state index is 0.451. The van der Waals surface area contributed by atoms with Gasteiger partial charge in [-0.25, -0.2) is 8.78 Å². The van der Waals surface area contributed by atoms with E-state index in [0.29, 0.717) is 5.56 Å². The van der Waals surface area contributed by atoms with Crippen LogP contribution in [0.15, 0.2) is 28.7 Å². The number of hydrogen-bond acceptors (Lipinski definition) is 1. The number of benzene rings is 1. The molecule has 14 heavy (non-hydrogen) atoms. The molecule has 2 atom stereocenters. The molecule has 1 saturated carbocycles. The summed E-state index contributed by atoms with van der Waals surface area (Å²) < 4.78 is 27.0. The summed E-state index contributed by atoms with van der Waals surface area (Å²) in [7, 11) is 0. The fourth-order valence-electron chi connectivity index (χ4n) is 1.74. The van der Waals surface area contributed by atoms with Crippen LogP contribution in [-0.4, -0.2) is 17.6 Å². The fraction of sp³-hybridized carbons (Fsp3) is 0.400. The molecule has 0 aliphatic heterocycles. The van der Waals surface area contributed by atoms with E-state index in [9.17, 15) is 8.78 Å². The van der Waals surface area contributed by atoms with E-state index >= 15 is 0 Å². The predicted octanol–water partition coefficient (Wildman–Crippen LogP) is 2.79. The van der Waals surface area contributed by atoms with Crippen LogP contribution < -0.4 is 0 Å². The third kappa shape index (κ3) is 1.46. The molecule has 1 aromatic rings. The zero-order chi connectivity index (χ0) is 10.3. The second-order valence-electron chi connectivity index (χ2n) is 3.49. The van der Waals surface area contributed by atoms with Crippen molar-refractivity contribution in [2.45, 2.75) is 11.8 Å². The van der Waals surface area contributed by atoms with Crippen molar-refractivity contribution in [2.75, 3.05) is 6.61 Å². The molecule has 0 unspecified atom stereocenters. The smallest absolute Gasteiger partial charge is 0.261 e. The van der Waals surface area contributed by atoms with Gasteiger partial charge in [-0.3, -0.25) is 0 Å². The molecule has 1 fully saturated rings. The first-order chi connectivity index (χ1) is 6.57. The Hall–Kier alpha value is -0.480. The molecule has 1 aliphatic carbocycles. The van der Waals surface area contributed by atoms with E-state index in [0.717, 1.165) is 4.47 Å². The van der Waals surface area contributed by atoms with E-state index in [-0.39, 0.29) is 0 Å². The summed E-state index contributed by atoms with van der Waals surface area (Å²) >= 11 is 3.24. The van der Waals surface area contributed by atoms with Gasteiger partial charge in [0, 0.05) is 4.47 Å². The molecule has 1 N–H and O–H groups in total. The van der Waals surface area contributed by atoms with E-state index in [4.69, 9.17) is 5.11 Å². The Morgan fingerprint density at radius 3 is 2.29 bits per heavy atom. The van der Waals surface area contributed by atoms with E-state index in [1.807, 2.05) is 0 Å². The molecule has 0 saturated heterocycles. The predicted molar refractivity (Wildman–Crippen MR) is 52.4 cm³/mol. The summed E-state index contributed by atoms with van der Waals surface area (Å²) in [5, 5.41) is 8.74. The van der Waals surface area contributed by atoms with Gasteiger partial charge in [0.25, 0.3) is 5.92 Å².